The fraction of sp³-hybridized carbons (Fsp3) is 0.429. The summed E-state index contributed by atoms with van der Waals surface area (Å²) >= 11 is 0. The number of aromatic nitrogens is 2. The Morgan fingerprint density at radius 3 is 2.50 bits per heavy atom. The molecule has 0 radical (unpaired) electrons. The lowest BCUT2D eigenvalue weighted by Crippen LogP contribution is -1.98. The van der Waals surface area contributed by atoms with E-state index in [-0.39, 0.29) is 0 Å². The second-order valence-electron chi connectivity index (χ2n) is 2.05. The lowest BCUT2D eigenvalue weighted by molar-refractivity contribution is 1.04. The summed E-state index contributed by atoms with van der Waals surface area (Å²) in [6.45, 7) is 4.82. The van der Waals surface area contributed by atoms with Gasteiger partial charge in [0.15, 0.2) is 0 Å². The standard InChI is InChI=1S/C7H11N3/c1-3-8-7-4-9-6(2)10-5-7/h4-5,8H,3H2,1-2H3. The molecule has 0 bridgehead atoms. The van der Waals surface area contributed by atoms with Crippen molar-refractivity contribution >= 4 is 5.69 Å². The monoisotopic (exact) mass is 137 g/mol. The van der Waals surface area contributed by atoms with Crippen molar-refractivity contribution in [3.05, 3.63) is 18.2 Å². The van der Waals surface area contributed by atoms with Crippen LogP contribution < -0.4 is 5.32 Å². The van der Waals surface area contributed by atoms with Crippen LogP contribution in [0.25, 0.3) is 0 Å². The maximum atomic E-state index is 4.02. The highest BCUT2D eigenvalue weighted by atomic mass is 14.9. The second kappa shape index (κ2) is 3.15. The Hall–Kier alpha value is -1.12. The van der Waals surface area contributed by atoms with E-state index in [1.807, 2.05) is 13.8 Å². The molecule has 0 aromatic carbocycles. The van der Waals surface area contributed by atoms with Crippen LogP contribution in [0.4, 0.5) is 5.69 Å². The van der Waals surface area contributed by atoms with Crippen LogP contribution in [-0.4, -0.2) is 16.5 Å². The summed E-state index contributed by atoms with van der Waals surface area (Å²) in [5.74, 6) is 0.807. The Morgan fingerprint density at radius 1 is 1.40 bits per heavy atom. The smallest absolute Gasteiger partial charge is 0.125 e. The highest BCUT2D eigenvalue weighted by Crippen LogP contribution is 2.00. The van der Waals surface area contributed by atoms with Crippen molar-refractivity contribution in [2.45, 2.75) is 13.8 Å². The van der Waals surface area contributed by atoms with E-state index < -0.39 is 0 Å². The van der Waals surface area contributed by atoms with Crippen molar-refractivity contribution < 1.29 is 0 Å². The van der Waals surface area contributed by atoms with Crippen LogP contribution in [0.3, 0.4) is 0 Å². The minimum atomic E-state index is 0.807. The topological polar surface area (TPSA) is 37.8 Å². The first-order valence-electron chi connectivity index (χ1n) is 3.35. The molecule has 3 heteroatoms. The highest BCUT2D eigenvalue weighted by Gasteiger charge is 1.88. The van der Waals surface area contributed by atoms with Crippen molar-refractivity contribution in [1.29, 1.82) is 0 Å². The third kappa shape index (κ3) is 1.69. The number of hydrogen-bond acceptors (Lipinski definition) is 3. The molecule has 1 heterocycles. The van der Waals surface area contributed by atoms with E-state index in [2.05, 4.69) is 15.3 Å². The first-order chi connectivity index (χ1) is 4.83. The quantitative estimate of drug-likeness (QED) is 0.666. The summed E-state index contributed by atoms with van der Waals surface area (Å²) in [7, 11) is 0. The van der Waals surface area contributed by atoms with Crippen molar-refractivity contribution in [2.24, 2.45) is 0 Å². The summed E-state index contributed by atoms with van der Waals surface area (Å²) < 4.78 is 0. The molecule has 0 amide bonds. The summed E-state index contributed by atoms with van der Waals surface area (Å²) in [6, 6.07) is 0. The van der Waals surface area contributed by atoms with Gasteiger partial charge in [-0.2, -0.15) is 0 Å². The van der Waals surface area contributed by atoms with E-state index in [0.29, 0.717) is 0 Å². The molecule has 0 fully saturated rings. The molecular formula is C7H11N3. The number of nitrogens with one attached hydrogen (secondary N) is 1. The molecule has 0 atom stereocenters. The molecule has 1 aromatic rings. The SMILES string of the molecule is CCNc1cnc(C)nc1. The Balaban J connectivity index is 2.69. The molecule has 0 saturated heterocycles. The molecule has 1 aromatic heterocycles. The van der Waals surface area contributed by atoms with Gasteiger partial charge in [0.25, 0.3) is 0 Å². The van der Waals surface area contributed by atoms with Gasteiger partial charge in [-0.25, -0.2) is 9.97 Å². The summed E-state index contributed by atoms with van der Waals surface area (Å²) in [6.07, 6.45) is 3.57. The van der Waals surface area contributed by atoms with Crippen molar-refractivity contribution in [3.63, 3.8) is 0 Å². The third-order valence-corrected chi connectivity index (χ3v) is 1.16. The number of hydrogen-bond donors (Lipinski definition) is 1. The predicted octanol–water partition coefficient (Wildman–Crippen LogP) is 1.22. The molecule has 0 spiro atoms. The van der Waals surface area contributed by atoms with Gasteiger partial charge in [0.2, 0.25) is 0 Å². The fourth-order valence-electron chi connectivity index (χ4n) is 0.688. The van der Waals surface area contributed by atoms with Crippen LogP contribution in [0.15, 0.2) is 12.4 Å². The molecule has 0 unspecified atom stereocenters. The third-order valence-electron chi connectivity index (χ3n) is 1.16. The van der Waals surface area contributed by atoms with Crippen LogP contribution in [0.1, 0.15) is 12.7 Å². The largest absolute Gasteiger partial charge is 0.383 e. The molecule has 3 nitrogen and oxygen atoms in total. The van der Waals surface area contributed by atoms with Gasteiger partial charge in [0.05, 0.1) is 18.1 Å². The van der Waals surface area contributed by atoms with Crippen LogP contribution in [0.5, 0.6) is 0 Å². The zero-order valence-corrected chi connectivity index (χ0v) is 6.26. The molecular weight excluding hydrogens is 126 g/mol. The molecule has 10 heavy (non-hydrogen) atoms. The molecule has 54 valence electrons. The van der Waals surface area contributed by atoms with Crippen LogP contribution in [0.2, 0.25) is 0 Å². The van der Waals surface area contributed by atoms with Crippen molar-refractivity contribution in [3.8, 4) is 0 Å². The number of aryl methyl sites for hydroxylation is 1. The minimum absolute atomic E-state index is 0.807. The second-order valence-corrected chi connectivity index (χ2v) is 2.05. The first-order valence-corrected chi connectivity index (χ1v) is 3.35. The maximum absolute atomic E-state index is 4.02. The van der Waals surface area contributed by atoms with Gasteiger partial charge in [-0.05, 0) is 13.8 Å². The van der Waals surface area contributed by atoms with Gasteiger partial charge in [0, 0.05) is 6.54 Å². The van der Waals surface area contributed by atoms with Gasteiger partial charge in [-0.15, -0.1) is 0 Å². The Morgan fingerprint density at radius 2 is 2.00 bits per heavy atom. The van der Waals surface area contributed by atoms with Crippen LogP contribution in [0, 0.1) is 6.92 Å². The maximum Gasteiger partial charge on any atom is 0.125 e. The minimum Gasteiger partial charge on any atom is -0.383 e. The van der Waals surface area contributed by atoms with E-state index in [4.69, 9.17) is 0 Å². The Labute approximate surface area is 60.5 Å². The average Bonchev–Trinajstić information content (AvgIpc) is 1.95. The van der Waals surface area contributed by atoms with E-state index in [1.54, 1.807) is 12.4 Å². The van der Waals surface area contributed by atoms with Crippen molar-refractivity contribution in [2.75, 3.05) is 11.9 Å². The van der Waals surface area contributed by atoms with Gasteiger partial charge >= 0.3 is 0 Å². The van der Waals surface area contributed by atoms with Gasteiger partial charge in [0.1, 0.15) is 5.82 Å². The Kier molecular flexibility index (Phi) is 2.20. The number of nitrogens with zero attached hydrogens (tertiary/aromatic N) is 2. The zero-order chi connectivity index (χ0) is 7.40. The summed E-state index contributed by atoms with van der Waals surface area (Å²) in [5.41, 5.74) is 0.980. The lowest BCUT2D eigenvalue weighted by atomic mass is 10.5. The first kappa shape index (κ1) is 6.99. The summed E-state index contributed by atoms with van der Waals surface area (Å²) in [4.78, 5) is 8.05. The zero-order valence-electron chi connectivity index (χ0n) is 6.26. The predicted molar refractivity (Wildman–Crippen MR) is 40.9 cm³/mol. The molecule has 0 aliphatic rings. The molecule has 0 aliphatic heterocycles. The highest BCUT2D eigenvalue weighted by molar-refractivity contribution is 5.37. The van der Waals surface area contributed by atoms with Gasteiger partial charge < -0.3 is 5.32 Å². The Bertz CT molecular complexity index is 193. The summed E-state index contributed by atoms with van der Waals surface area (Å²) in [5, 5.41) is 3.11. The molecule has 0 saturated carbocycles. The molecule has 1 N–H and O–H groups in total. The average molecular weight is 137 g/mol. The van der Waals surface area contributed by atoms with E-state index in [0.717, 1.165) is 18.1 Å². The van der Waals surface area contributed by atoms with E-state index in [1.165, 1.54) is 0 Å². The normalized spacial score (nSPS) is 9.40. The van der Waals surface area contributed by atoms with E-state index in [9.17, 15) is 0 Å². The van der Waals surface area contributed by atoms with Crippen LogP contribution >= 0.6 is 0 Å². The van der Waals surface area contributed by atoms with Gasteiger partial charge in [-0.3, -0.25) is 0 Å². The molecule has 0 aliphatic carbocycles. The molecule has 1 rings (SSSR count). The van der Waals surface area contributed by atoms with Gasteiger partial charge in [-0.1, -0.05) is 0 Å². The number of rotatable bonds is 2. The lowest BCUT2D eigenvalue weighted by Gasteiger charge is -1.99. The van der Waals surface area contributed by atoms with Crippen LogP contribution in [-0.2, 0) is 0 Å². The fourth-order valence-corrected chi connectivity index (χ4v) is 0.688. The van der Waals surface area contributed by atoms with E-state index >= 15 is 0 Å². The number of anilines is 1. The van der Waals surface area contributed by atoms with Crippen molar-refractivity contribution in [1.82, 2.24) is 9.97 Å².